The van der Waals surface area contributed by atoms with Crippen molar-refractivity contribution in [1.82, 2.24) is 9.78 Å². The lowest BCUT2D eigenvalue weighted by Gasteiger charge is -1.99. The van der Waals surface area contributed by atoms with Gasteiger partial charge in [0.1, 0.15) is 0 Å². The number of hydrogen-bond donors (Lipinski definition) is 0. The van der Waals surface area contributed by atoms with E-state index in [4.69, 9.17) is 12.2 Å². The molecule has 1 aromatic heterocycles. The minimum atomic E-state index is 0.768. The molecule has 1 heterocycles. The van der Waals surface area contributed by atoms with Gasteiger partial charge in [-0.05, 0) is 36.5 Å². The lowest BCUT2D eigenvalue weighted by atomic mass is 10.3. The van der Waals surface area contributed by atoms with E-state index in [2.05, 4.69) is 17.2 Å². The van der Waals surface area contributed by atoms with Crippen molar-refractivity contribution in [2.75, 3.05) is 0 Å². The highest BCUT2D eigenvalue weighted by atomic mass is 32.2. The van der Waals surface area contributed by atoms with Gasteiger partial charge in [0.25, 0.3) is 0 Å². The fourth-order valence-electron chi connectivity index (χ4n) is 1.62. The molecule has 0 radical (unpaired) electrons. The van der Waals surface area contributed by atoms with E-state index in [1.807, 2.05) is 53.2 Å². The van der Waals surface area contributed by atoms with Crippen LogP contribution in [0.3, 0.4) is 0 Å². The van der Waals surface area contributed by atoms with Crippen LogP contribution in [0.5, 0.6) is 0 Å². The molecule has 0 fully saturated rings. The number of benzene rings is 2. The number of para-hydroxylation sites is 1. The van der Waals surface area contributed by atoms with Gasteiger partial charge < -0.3 is 0 Å². The van der Waals surface area contributed by atoms with Crippen LogP contribution in [-0.2, 0) is 0 Å². The Morgan fingerprint density at radius 2 is 1.58 bits per heavy atom. The minimum absolute atomic E-state index is 0.768. The lowest BCUT2D eigenvalue weighted by Crippen LogP contribution is -1.95. The van der Waals surface area contributed by atoms with Gasteiger partial charge in [0.05, 0.1) is 5.69 Å². The molecule has 0 atom stereocenters. The summed E-state index contributed by atoms with van der Waals surface area (Å²) in [6.45, 7) is 0. The molecule has 2 nitrogen and oxygen atoms in total. The van der Waals surface area contributed by atoms with Gasteiger partial charge in [-0.1, -0.05) is 59.5 Å². The van der Waals surface area contributed by atoms with Gasteiger partial charge in [-0.25, -0.2) is 4.68 Å². The van der Waals surface area contributed by atoms with Gasteiger partial charge in [-0.15, -0.1) is 5.10 Å². The Morgan fingerprint density at radius 3 is 2.26 bits per heavy atom. The Bertz CT molecular complexity index is 717. The van der Waals surface area contributed by atoms with Crippen molar-refractivity contribution in [2.45, 2.75) is 9.24 Å². The van der Waals surface area contributed by atoms with Crippen molar-refractivity contribution < 1.29 is 0 Å². The van der Waals surface area contributed by atoms with Crippen molar-refractivity contribution in [1.29, 1.82) is 0 Å². The molecular weight excluding hydrogens is 292 g/mol. The summed E-state index contributed by atoms with van der Waals surface area (Å²) in [6, 6.07) is 20.2. The first-order chi connectivity index (χ1) is 9.33. The third-order valence-corrected chi connectivity index (χ3v) is 4.77. The van der Waals surface area contributed by atoms with Gasteiger partial charge in [0.15, 0.2) is 8.29 Å². The summed E-state index contributed by atoms with van der Waals surface area (Å²) in [4.78, 5) is 1.17. The molecule has 3 rings (SSSR count). The average molecular weight is 302 g/mol. The molecule has 19 heavy (non-hydrogen) atoms. The van der Waals surface area contributed by atoms with Crippen LogP contribution in [0.2, 0.25) is 0 Å². The topological polar surface area (TPSA) is 17.8 Å². The Kier molecular flexibility index (Phi) is 3.77. The molecule has 0 spiro atoms. The summed E-state index contributed by atoms with van der Waals surface area (Å²) >= 11 is 8.55. The summed E-state index contributed by atoms with van der Waals surface area (Å²) < 4.78 is 3.54. The molecule has 0 aliphatic rings. The maximum Gasteiger partial charge on any atom is 0.184 e. The molecular formula is C14H10N2S3. The molecule has 0 N–H and O–H groups in total. The molecule has 0 saturated carbocycles. The SMILES string of the molecule is S=c1sc(Sc2ccccc2)nn1-c1ccccc1. The van der Waals surface area contributed by atoms with Crippen molar-refractivity contribution in [3.8, 4) is 5.69 Å². The van der Waals surface area contributed by atoms with Gasteiger partial charge in [-0.3, -0.25) is 0 Å². The molecule has 2 aromatic carbocycles. The van der Waals surface area contributed by atoms with E-state index in [1.54, 1.807) is 11.8 Å². The second-order valence-electron chi connectivity index (χ2n) is 3.80. The van der Waals surface area contributed by atoms with Crippen molar-refractivity contribution in [3.05, 3.63) is 64.6 Å². The standard InChI is InChI=1S/C14H10N2S3/c17-14-16(11-7-3-1-4-8-11)15-13(19-14)18-12-9-5-2-6-10-12/h1-10H. The highest BCUT2D eigenvalue weighted by molar-refractivity contribution is 8.01. The third-order valence-electron chi connectivity index (χ3n) is 2.48. The summed E-state index contributed by atoms with van der Waals surface area (Å²) in [5.41, 5.74) is 1.00. The fraction of sp³-hybridized carbons (Fsp3) is 0. The van der Waals surface area contributed by atoms with E-state index in [0.717, 1.165) is 14.0 Å². The molecule has 3 aromatic rings. The molecule has 94 valence electrons. The predicted molar refractivity (Wildman–Crippen MR) is 82.8 cm³/mol. The van der Waals surface area contributed by atoms with E-state index in [9.17, 15) is 0 Å². The zero-order valence-electron chi connectivity index (χ0n) is 9.89. The van der Waals surface area contributed by atoms with Crippen LogP contribution in [-0.4, -0.2) is 9.78 Å². The molecule has 0 amide bonds. The Morgan fingerprint density at radius 1 is 0.947 bits per heavy atom. The molecule has 0 unspecified atom stereocenters. The van der Waals surface area contributed by atoms with Gasteiger partial charge in [0.2, 0.25) is 0 Å². The van der Waals surface area contributed by atoms with Crippen LogP contribution in [0.15, 0.2) is 69.9 Å². The van der Waals surface area contributed by atoms with Crippen molar-refractivity contribution in [3.63, 3.8) is 0 Å². The minimum Gasteiger partial charge on any atom is -0.211 e. The maximum atomic E-state index is 5.38. The van der Waals surface area contributed by atoms with Crippen molar-refractivity contribution >= 4 is 35.3 Å². The normalized spacial score (nSPS) is 10.5. The Hall–Kier alpha value is -1.43. The average Bonchev–Trinajstić information content (AvgIpc) is 2.82. The van der Waals surface area contributed by atoms with Crippen LogP contribution in [0.1, 0.15) is 0 Å². The van der Waals surface area contributed by atoms with E-state index in [-0.39, 0.29) is 0 Å². The second kappa shape index (κ2) is 5.69. The third kappa shape index (κ3) is 2.94. The van der Waals surface area contributed by atoms with Gasteiger partial charge >= 0.3 is 0 Å². The monoisotopic (exact) mass is 302 g/mol. The highest BCUT2D eigenvalue weighted by Crippen LogP contribution is 2.30. The largest absolute Gasteiger partial charge is 0.211 e. The molecule has 0 bridgehead atoms. The van der Waals surface area contributed by atoms with Crippen LogP contribution < -0.4 is 0 Å². The quantitative estimate of drug-likeness (QED) is 0.646. The van der Waals surface area contributed by atoms with Gasteiger partial charge in [-0.2, -0.15) is 0 Å². The lowest BCUT2D eigenvalue weighted by molar-refractivity contribution is 0.829. The Labute approximate surface area is 124 Å². The summed E-state index contributed by atoms with van der Waals surface area (Å²) in [6.07, 6.45) is 0. The smallest absolute Gasteiger partial charge is 0.184 e. The first-order valence-electron chi connectivity index (χ1n) is 5.71. The number of hydrogen-bond acceptors (Lipinski definition) is 4. The van der Waals surface area contributed by atoms with Crippen molar-refractivity contribution in [2.24, 2.45) is 0 Å². The summed E-state index contributed by atoms with van der Waals surface area (Å²) in [5.74, 6) is 0. The maximum absolute atomic E-state index is 5.38. The molecule has 5 heteroatoms. The zero-order valence-corrected chi connectivity index (χ0v) is 12.3. The van der Waals surface area contributed by atoms with Gasteiger partial charge in [0, 0.05) is 4.90 Å². The first kappa shape index (κ1) is 12.6. The Balaban J connectivity index is 1.92. The number of rotatable bonds is 3. The number of aromatic nitrogens is 2. The van der Waals surface area contributed by atoms with Crippen LogP contribution >= 0.6 is 35.3 Å². The molecule has 0 aliphatic heterocycles. The summed E-state index contributed by atoms with van der Waals surface area (Å²) in [5, 5.41) is 4.57. The van der Waals surface area contributed by atoms with E-state index in [0.29, 0.717) is 0 Å². The van der Waals surface area contributed by atoms with E-state index < -0.39 is 0 Å². The van der Waals surface area contributed by atoms with E-state index in [1.165, 1.54) is 16.2 Å². The first-order valence-corrected chi connectivity index (χ1v) is 7.75. The number of nitrogens with zero attached hydrogens (tertiary/aromatic N) is 2. The molecule has 0 saturated heterocycles. The van der Waals surface area contributed by atoms with Crippen LogP contribution in [0, 0.1) is 3.95 Å². The summed E-state index contributed by atoms with van der Waals surface area (Å²) in [7, 11) is 0. The fourth-order valence-corrected chi connectivity index (χ4v) is 3.98. The van der Waals surface area contributed by atoms with Crippen LogP contribution in [0.4, 0.5) is 0 Å². The van der Waals surface area contributed by atoms with E-state index >= 15 is 0 Å². The second-order valence-corrected chi connectivity index (χ2v) is 6.74. The highest BCUT2D eigenvalue weighted by Gasteiger charge is 2.06. The zero-order chi connectivity index (χ0) is 13.1. The van der Waals surface area contributed by atoms with Crippen LogP contribution in [0.25, 0.3) is 5.69 Å². The molecule has 0 aliphatic carbocycles. The predicted octanol–water partition coefficient (Wildman–Crippen LogP) is 4.81.